The highest BCUT2D eigenvalue weighted by Gasteiger charge is 2.24. The molecule has 1 aromatic carbocycles. The van der Waals surface area contributed by atoms with Crippen LogP contribution >= 0.6 is 11.6 Å². The van der Waals surface area contributed by atoms with Crippen LogP contribution < -0.4 is 5.32 Å². The Morgan fingerprint density at radius 2 is 1.93 bits per heavy atom. The average molecular weight is 422 g/mol. The highest BCUT2D eigenvalue weighted by molar-refractivity contribution is 7.89. The summed E-state index contributed by atoms with van der Waals surface area (Å²) in [7, 11) is -3.69. The van der Waals surface area contributed by atoms with Gasteiger partial charge >= 0.3 is 0 Å². The maximum absolute atomic E-state index is 12.7. The predicted octanol–water partition coefficient (Wildman–Crippen LogP) is 2.34. The first-order chi connectivity index (χ1) is 13.4. The van der Waals surface area contributed by atoms with Crippen molar-refractivity contribution in [1.82, 2.24) is 24.2 Å². The smallest absolute Gasteiger partial charge is 0.253 e. The number of nitrogens with zero attached hydrogens (tertiary/aromatic N) is 4. The first-order valence-electron chi connectivity index (χ1n) is 8.75. The summed E-state index contributed by atoms with van der Waals surface area (Å²) in [5.41, 5.74) is 0.751. The minimum absolute atomic E-state index is 0.0266. The minimum Gasteiger partial charge on any atom is -0.345 e. The van der Waals surface area contributed by atoms with E-state index in [2.05, 4.69) is 15.5 Å². The number of benzene rings is 1. The van der Waals surface area contributed by atoms with E-state index in [4.69, 9.17) is 11.6 Å². The van der Waals surface area contributed by atoms with Gasteiger partial charge < -0.3 is 5.32 Å². The normalized spacial score (nSPS) is 11.9. The molecule has 3 aromatic rings. The molecule has 148 valence electrons. The molecular weight excluding hydrogens is 402 g/mol. The third-order valence-electron chi connectivity index (χ3n) is 4.32. The zero-order chi connectivity index (χ0) is 20.3. The van der Waals surface area contributed by atoms with Gasteiger partial charge in [-0.15, -0.1) is 10.2 Å². The van der Waals surface area contributed by atoms with Gasteiger partial charge in [0.25, 0.3) is 5.91 Å². The van der Waals surface area contributed by atoms with Gasteiger partial charge in [-0.05, 0) is 30.3 Å². The number of carbonyl (C=O) groups excluding carboxylic acids is 1. The molecule has 28 heavy (non-hydrogen) atoms. The predicted molar refractivity (Wildman–Crippen MR) is 106 cm³/mol. The fourth-order valence-electron chi connectivity index (χ4n) is 2.82. The summed E-state index contributed by atoms with van der Waals surface area (Å²) in [4.78, 5) is 12.7. The van der Waals surface area contributed by atoms with E-state index in [0.29, 0.717) is 24.6 Å². The standard InChI is InChI=1S/C18H20ClN5O3S/c1-3-23(4-2)28(26,27)13-8-9-15(19)14(11-13)18(25)20-12-17-22-21-16-7-5-6-10-24(16)17/h5-11H,3-4,12H2,1-2H3,(H,20,25). The SMILES string of the molecule is CCN(CC)S(=O)(=O)c1ccc(Cl)c(C(=O)NCc2nnc3ccccn23)c1. The first-order valence-corrected chi connectivity index (χ1v) is 10.6. The molecule has 3 rings (SSSR count). The monoisotopic (exact) mass is 421 g/mol. The molecule has 2 aromatic heterocycles. The first kappa shape index (κ1) is 20.2. The highest BCUT2D eigenvalue weighted by Crippen LogP contribution is 2.23. The fourth-order valence-corrected chi connectivity index (χ4v) is 4.51. The van der Waals surface area contributed by atoms with Gasteiger partial charge in [-0.2, -0.15) is 4.31 Å². The molecule has 0 fully saturated rings. The van der Waals surface area contributed by atoms with Crippen molar-refractivity contribution in [1.29, 1.82) is 0 Å². The van der Waals surface area contributed by atoms with Crippen molar-refractivity contribution < 1.29 is 13.2 Å². The second kappa shape index (κ2) is 8.26. The molecule has 10 heteroatoms. The number of nitrogens with one attached hydrogen (secondary N) is 1. The van der Waals surface area contributed by atoms with E-state index < -0.39 is 15.9 Å². The Balaban J connectivity index is 1.84. The van der Waals surface area contributed by atoms with Gasteiger partial charge in [0.1, 0.15) is 0 Å². The van der Waals surface area contributed by atoms with Crippen molar-refractivity contribution in [3.05, 3.63) is 59.0 Å². The molecule has 1 N–H and O–H groups in total. The topological polar surface area (TPSA) is 96.7 Å². The molecule has 0 aliphatic carbocycles. The van der Waals surface area contributed by atoms with E-state index in [0.717, 1.165) is 0 Å². The Hall–Kier alpha value is -2.49. The molecule has 0 spiro atoms. The molecule has 0 aliphatic rings. The lowest BCUT2D eigenvalue weighted by Crippen LogP contribution is -2.31. The van der Waals surface area contributed by atoms with E-state index in [-0.39, 0.29) is 22.0 Å². The van der Waals surface area contributed by atoms with E-state index >= 15 is 0 Å². The molecule has 0 saturated carbocycles. The van der Waals surface area contributed by atoms with Crippen LogP contribution in [-0.4, -0.2) is 46.3 Å². The van der Waals surface area contributed by atoms with E-state index in [1.54, 1.807) is 30.5 Å². The molecular formula is C18H20ClN5O3S. The molecule has 0 atom stereocenters. The summed E-state index contributed by atoms with van der Waals surface area (Å²) < 4.78 is 28.5. The second-order valence-electron chi connectivity index (χ2n) is 5.96. The highest BCUT2D eigenvalue weighted by atomic mass is 35.5. The molecule has 0 unspecified atom stereocenters. The van der Waals surface area contributed by atoms with Crippen molar-refractivity contribution in [2.24, 2.45) is 0 Å². The summed E-state index contributed by atoms with van der Waals surface area (Å²) in [5, 5.41) is 11.0. The van der Waals surface area contributed by atoms with Crippen LogP contribution in [0.25, 0.3) is 5.65 Å². The Morgan fingerprint density at radius 3 is 2.64 bits per heavy atom. The lowest BCUT2D eigenvalue weighted by Gasteiger charge is -2.19. The van der Waals surface area contributed by atoms with Crippen LogP contribution in [0.4, 0.5) is 0 Å². The number of hydrogen-bond acceptors (Lipinski definition) is 5. The minimum atomic E-state index is -3.69. The number of aromatic nitrogens is 3. The fraction of sp³-hybridized carbons (Fsp3) is 0.278. The Kier molecular flexibility index (Phi) is 5.97. The quantitative estimate of drug-likeness (QED) is 0.631. The maximum atomic E-state index is 12.7. The number of rotatable bonds is 7. The molecule has 0 aliphatic heterocycles. The number of sulfonamides is 1. The lowest BCUT2D eigenvalue weighted by molar-refractivity contribution is 0.0949. The van der Waals surface area contributed by atoms with Crippen molar-refractivity contribution >= 4 is 33.2 Å². The second-order valence-corrected chi connectivity index (χ2v) is 8.30. The largest absolute Gasteiger partial charge is 0.345 e. The Bertz CT molecular complexity index is 1110. The summed E-state index contributed by atoms with van der Waals surface area (Å²) in [6, 6.07) is 9.59. The van der Waals surface area contributed by atoms with Crippen LogP contribution in [0.1, 0.15) is 30.0 Å². The molecule has 0 saturated heterocycles. The number of amides is 1. The number of fused-ring (bicyclic) bond motifs is 1. The van der Waals surface area contributed by atoms with Crippen LogP contribution in [0.5, 0.6) is 0 Å². The van der Waals surface area contributed by atoms with E-state index in [1.807, 2.05) is 12.1 Å². The van der Waals surface area contributed by atoms with Crippen LogP contribution in [0.3, 0.4) is 0 Å². The molecule has 2 heterocycles. The molecule has 0 bridgehead atoms. The van der Waals surface area contributed by atoms with Crippen LogP contribution in [0, 0.1) is 0 Å². The summed E-state index contributed by atoms with van der Waals surface area (Å²) >= 11 is 6.14. The van der Waals surface area contributed by atoms with Crippen LogP contribution in [0.15, 0.2) is 47.5 Å². The van der Waals surface area contributed by atoms with Crippen LogP contribution in [0.2, 0.25) is 5.02 Å². The van der Waals surface area contributed by atoms with Crippen molar-refractivity contribution in [3.63, 3.8) is 0 Å². The maximum Gasteiger partial charge on any atom is 0.253 e. The summed E-state index contributed by atoms with van der Waals surface area (Å²) in [6.45, 7) is 4.31. The number of hydrogen-bond donors (Lipinski definition) is 1. The molecule has 8 nitrogen and oxygen atoms in total. The molecule has 0 radical (unpaired) electrons. The number of pyridine rings is 1. The zero-order valence-electron chi connectivity index (χ0n) is 15.5. The van der Waals surface area contributed by atoms with Crippen molar-refractivity contribution in [2.45, 2.75) is 25.3 Å². The van der Waals surface area contributed by atoms with E-state index in [1.165, 1.54) is 22.5 Å². The summed E-state index contributed by atoms with van der Waals surface area (Å²) in [6.07, 6.45) is 1.79. The summed E-state index contributed by atoms with van der Waals surface area (Å²) in [5.74, 6) is 0.0567. The van der Waals surface area contributed by atoms with Gasteiger partial charge in [0.15, 0.2) is 11.5 Å². The molecule has 1 amide bonds. The van der Waals surface area contributed by atoms with Gasteiger partial charge in [0, 0.05) is 19.3 Å². The van der Waals surface area contributed by atoms with E-state index in [9.17, 15) is 13.2 Å². The third kappa shape index (κ3) is 3.87. The van der Waals surface area contributed by atoms with Crippen molar-refractivity contribution in [3.8, 4) is 0 Å². The van der Waals surface area contributed by atoms with Gasteiger partial charge in [-0.1, -0.05) is 31.5 Å². The third-order valence-corrected chi connectivity index (χ3v) is 6.69. The zero-order valence-corrected chi connectivity index (χ0v) is 17.0. The van der Waals surface area contributed by atoms with Gasteiger partial charge in [-0.25, -0.2) is 8.42 Å². The van der Waals surface area contributed by atoms with Crippen LogP contribution in [-0.2, 0) is 16.6 Å². The Morgan fingerprint density at radius 1 is 1.18 bits per heavy atom. The van der Waals surface area contributed by atoms with Gasteiger partial charge in [0.2, 0.25) is 10.0 Å². The van der Waals surface area contributed by atoms with Gasteiger partial charge in [-0.3, -0.25) is 9.20 Å². The number of halogens is 1. The Labute approximate surface area is 168 Å². The average Bonchev–Trinajstić information content (AvgIpc) is 3.10. The number of carbonyl (C=O) groups is 1. The lowest BCUT2D eigenvalue weighted by atomic mass is 10.2. The van der Waals surface area contributed by atoms with Crippen molar-refractivity contribution in [2.75, 3.05) is 13.1 Å². The van der Waals surface area contributed by atoms with Gasteiger partial charge in [0.05, 0.1) is 22.0 Å².